The second-order valence-electron chi connectivity index (χ2n) is 2.64. The summed E-state index contributed by atoms with van der Waals surface area (Å²) in [4.78, 5) is 10.2. The molecule has 1 N–H and O–H groups in total. The van der Waals surface area contributed by atoms with E-state index in [9.17, 15) is 4.91 Å². The third kappa shape index (κ3) is 0.887. The number of hydrogen-bond donors (Lipinski definition) is 1. The average molecular weight is 161 g/mol. The zero-order valence-corrected chi connectivity index (χ0v) is 6.53. The van der Waals surface area contributed by atoms with Crippen molar-refractivity contribution >= 4 is 16.6 Å². The molecule has 1 aromatic carbocycles. The van der Waals surface area contributed by atoms with Crippen LogP contribution in [0.15, 0.2) is 23.4 Å². The summed E-state index contributed by atoms with van der Waals surface area (Å²) in [5.41, 5.74) is 2.25. The van der Waals surface area contributed by atoms with Gasteiger partial charge in [-0.3, -0.25) is 5.10 Å². The van der Waals surface area contributed by atoms with E-state index in [-0.39, 0.29) is 0 Å². The molecule has 60 valence electrons. The molecule has 0 bridgehead atoms. The van der Waals surface area contributed by atoms with Gasteiger partial charge in [0.25, 0.3) is 0 Å². The van der Waals surface area contributed by atoms with Crippen LogP contribution in [0.5, 0.6) is 0 Å². The van der Waals surface area contributed by atoms with Gasteiger partial charge in [-0.15, -0.1) is 4.91 Å². The summed E-state index contributed by atoms with van der Waals surface area (Å²) in [6.45, 7) is 1.91. The van der Waals surface area contributed by atoms with E-state index in [1.165, 1.54) is 0 Å². The molecule has 0 amide bonds. The highest BCUT2D eigenvalue weighted by atomic mass is 16.3. The molecule has 12 heavy (non-hydrogen) atoms. The van der Waals surface area contributed by atoms with E-state index in [0.717, 1.165) is 16.6 Å². The van der Waals surface area contributed by atoms with Crippen LogP contribution in [-0.4, -0.2) is 10.2 Å². The van der Waals surface area contributed by atoms with E-state index in [1.807, 2.05) is 6.92 Å². The van der Waals surface area contributed by atoms with Gasteiger partial charge in [-0.2, -0.15) is 5.10 Å². The number of fused-ring (bicyclic) bond motifs is 1. The number of nitrogens with zero attached hydrogens (tertiary/aromatic N) is 2. The minimum atomic E-state index is 0.437. The first kappa shape index (κ1) is 6.97. The zero-order valence-electron chi connectivity index (χ0n) is 6.53. The lowest BCUT2D eigenvalue weighted by atomic mass is 10.2. The first-order valence-electron chi connectivity index (χ1n) is 3.59. The number of rotatable bonds is 1. The van der Waals surface area contributed by atoms with Gasteiger partial charge in [0.05, 0.1) is 5.52 Å². The van der Waals surface area contributed by atoms with E-state index < -0.39 is 0 Å². The Hall–Kier alpha value is -1.71. The molecule has 0 aliphatic carbocycles. The summed E-state index contributed by atoms with van der Waals surface area (Å²) in [5.74, 6) is 0. The fourth-order valence-electron chi connectivity index (χ4n) is 1.18. The van der Waals surface area contributed by atoms with E-state index in [0.29, 0.717) is 5.69 Å². The summed E-state index contributed by atoms with van der Waals surface area (Å²) in [6, 6.07) is 5.15. The SMILES string of the molecule is Cc1[nH]nc2ccc(N=O)cc12. The van der Waals surface area contributed by atoms with E-state index in [2.05, 4.69) is 15.4 Å². The molecule has 4 nitrogen and oxygen atoms in total. The van der Waals surface area contributed by atoms with Crippen LogP contribution in [0.2, 0.25) is 0 Å². The lowest BCUT2D eigenvalue weighted by Crippen LogP contribution is -1.69. The van der Waals surface area contributed by atoms with Gasteiger partial charge < -0.3 is 0 Å². The molecular weight excluding hydrogens is 154 g/mol. The molecule has 0 atom stereocenters. The second kappa shape index (κ2) is 2.41. The Kier molecular flexibility index (Phi) is 1.40. The molecule has 4 heteroatoms. The fraction of sp³-hybridized carbons (Fsp3) is 0.125. The first-order valence-corrected chi connectivity index (χ1v) is 3.59. The van der Waals surface area contributed by atoms with Crippen LogP contribution >= 0.6 is 0 Å². The molecule has 1 heterocycles. The number of hydrogen-bond acceptors (Lipinski definition) is 3. The molecule has 0 aliphatic rings. The van der Waals surface area contributed by atoms with Crippen molar-refractivity contribution in [1.82, 2.24) is 10.2 Å². The maximum absolute atomic E-state index is 10.2. The number of benzene rings is 1. The smallest absolute Gasteiger partial charge is 0.108 e. The van der Waals surface area contributed by atoms with Crippen LogP contribution in [0, 0.1) is 11.8 Å². The predicted octanol–water partition coefficient (Wildman–Crippen LogP) is 2.27. The topological polar surface area (TPSA) is 58.1 Å². The fourth-order valence-corrected chi connectivity index (χ4v) is 1.18. The summed E-state index contributed by atoms with van der Waals surface area (Å²) >= 11 is 0. The van der Waals surface area contributed by atoms with Gasteiger partial charge in [0.1, 0.15) is 5.69 Å². The van der Waals surface area contributed by atoms with Crippen molar-refractivity contribution in [2.24, 2.45) is 5.18 Å². The third-order valence-corrected chi connectivity index (χ3v) is 1.83. The van der Waals surface area contributed by atoms with E-state index in [4.69, 9.17) is 0 Å². The molecule has 0 saturated carbocycles. The summed E-state index contributed by atoms with van der Waals surface area (Å²) in [6.07, 6.45) is 0. The Morgan fingerprint density at radius 2 is 2.33 bits per heavy atom. The van der Waals surface area contributed by atoms with Crippen molar-refractivity contribution in [3.8, 4) is 0 Å². The van der Waals surface area contributed by atoms with Crippen LogP contribution in [-0.2, 0) is 0 Å². The maximum Gasteiger partial charge on any atom is 0.108 e. The maximum atomic E-state index is 10.2. The number of nitrogens with one attached hydrogen (secondary N) is 1. The molecule has 0 spiro atoms. The quantitative estimate of drug-likeness (QED) is 0.652. The summed E-state index contributed by atoms with van der Waals surface area (Å²) in [5, 5.41) is 10.7. The molecule has 2 aromatic rings. The lowest BCUT2D eigenvalue weighted by Gasteiger charge is -1.89. The number of aryl methyl sites for hydroxylation is 1. The van der Waals surface area contributed by atoms with Crippen LogP contribution in [0.4, 0.5) is 5.69 Å². The Balaban J connectivity index is 2.79. The van der Waals surface area contributed by atoms with Gasteiger partial charge in [-0.1, -0.05) is 0 Å². The van der Waals surface area contributed by atoms with Crippen molar-refractivity contribution in [2.75, 3.05) is 0 Å². The number of aromatic amines is 1. The van der Waals surface area contributed by atoms with Gasteiger partial charge in [0.2, 0.25) is 0 Å². The van der Waals surface area contributed by atoms with Gasteiger partial charge in [-0.05, 0) is 30.3 Å². The van der Waals surface area contributed by atoms with Crippen molar-refractivity contribution in [2.45, 2.75) is 6.92 Å². The Bertz CT molecular complexity index is 433. The van der Waals surface area contributed by atoms with E-state index in [1.54, 1.807) is 18.2 Å². The first-order chi connectivity index (χ1) is 5.81. The minimum absolute atomic E-state index is 0.437. The minimum Gasteiger partial charge on any atom is -0.282 e. The predicted molar refractivity (Wildman–Crippen MR) is 46.3 cm³/mol. The van der Waals surface area contributed by atoms with Crippen molar-refractivity contribution < 1.29 is 0 Å². The van der Waals surface area contributed by atoms with Crippen LogP contribution in [0.3, 0.4) is 0 Å². The second-order valence-corrected chi connectivity index (χ2v) is 2.64. The Morgan fingerprint density at radius 1 is 1.50 bits per heavy atom. The molecule has 2 rings (SSSR count). The monoisotopic (exact) mass is 161 g/mol. The molecular formula is C8H7N3O. The molecule has 0 radical (unpaired) electrons. The molecule has 0 saturated heterocycles. The highest BCUT2D eigenvalue weighted by Crippen LogP contribution is 2.21. The van der Waals surface area contributed by atoms with Crippen LogP contribution in [0.25, 0.3) is 10.9 Å². The van der Waals surface area contributed by atoms with Crippen molar-refractivity contribution in [1.29, 1.82) is 0 Å². The highest BCUT2D eigenvalue weighted by molar-refractivity contribution is 5.83. The van der Waals surface area contributed by atoms with Crippen LogP contribution < -0.4 is 0 Å². The van der Waals surface area contributed by atoms with Gasteiger partial charge in [-0.25, -0.2) is 0 Å². The van der Waals surface area contributed by atoms with Gasteiger partial charge in [0, 0.05) is 11.1 Å². The van der Waals surface area contributed by atoms with Crippen LogP contribution in [0.1, 0.15) is 5.69 Å². The van der Waals surface area contributed by atoms with Crippen molar-refractivity contribution in [3.05, 3.63) is 28.8 Å². The highest BCUT2D eigenvalue weighted by Gasteiger charge is 2.01. The zero-order chi connectivity index (χ0) is 8.55. The summed E-state index contributed by atoms with van der Waals surface area (Å²) in [7, 11) is 0. The van der Waals surface area contributed by atoms with Gasteiger partial charge in [0.15, 0.2) is 0 Å². The third-order valence-electron chi connectivity index (χ3n) is 1.83. The molecule has 0 fully saturated rings. The number of nitroso groups, excluding NO2 is 1. The van der Waals surface area contributed by atoms with Crippen molar-refractivity contribution in [3.63, 3.8) is 0 Å². The molecule has 0 aliphatic heterocycles. The normalized spacial score (nSPS) is 10.4. The average Bonchev–Trinajstić information content (AvgIpc) is 2.47. The Labute approximate surface area is 68.6 Å². The summed E-state index contributed by atoms with van der Waals surface area (Å²) < 4.78 is 0. The number of aromatic nitrogens is 2. The molecule has 0 unspecified atom stereocenters. The van der Waals surface area contributed by atoms with Gasteiger partial charge >= 0.3 is 0 Å². The van der Waals surface area contributed by atoms with E-state index >= 15 is 0 Å². The number of H-pyrrole nitrogens is 1. The largest absolute Gasteiger partial charge is 0.282 e. The standard InChI is InChI=1S/C8H7N3O/c1-5-7-4-6(11-12)2-3-8(7)10-9-5/h2-4H,1H3,(H,9,10). The molecule has 1 aromatic heterocycles. The lowest BCUT2D eigenvalue weighted by molar-refractivity contribution is 1.07. The Morgan fingerprint density at radius 3 is 3.08 bits per heavy atom.